The Morgan fingerprint density at radius 1 is 1.53 bits per heavy atom. The van der Waals surface area contributed by atoms with Crippen molar-refractivity contribution in [2.24, 2.45) is 5.92 Å². The molecule has 2 N–H and O–H groups in total. The van der Waals surface area contributed by atoms with Crippen molar-refractivity contribution in [3.8, 4) is 0 Å². The molecule has 1 amide bonds. The number of alkyl halides is 2. The van der Waals surface area contributed by atoms with Crippen LogP contribution in [0.1, 0.15) is 25.7 Å². The number of hydrogen-bond donors (Lipinski definition) is 2. The van der Waals surface area contributed by atoms with E-state index < -0.39 is 13.0 Å². The minimum atomic E-state index is -2.45. The molecule has 88 valence electrons. The average molecular weight is 220 g/mol. The van der Waals surface area contributed by atoms with E-state index in [-0.39, 0.29) is 5.91 Å². The van der Waals surface area contributed by atoms with Crippen LogP contribution in [-0.2, 0) is 4.79 Å². The van der Waals surface area contributed by atoms with Gasteiger partial charge in [0.25, 0.3) is 6.43 Å². The Morgan fingerprint density at radius 3 is 2.93 bits per heavy atom. The van der Waals surface area contributed by atoms with Crippen molar-refractivity contribution in [1.29, 1.82) is 0 Å². The molecule has 0 aromatic rings. The minimum Gasteiger partial charge on any atom is -0.350 e. The lowest BCUT2D eigenvalue weighted by molar-refractivity contribution is -0.122. The van der Waals surface area contributed by atoms with E-state index in [1.165, 1.54) is 0 Å². The second-order valence-electron chi connectivity index (χ2n) is 3.95. The number of carbonyl (C=O) groups is 1. The van der Waals surface area contributed by atoms with Gasteiger partial charge in [0.1, 0.15) is 0 Å². The van der Waals surface area contributed by atoms with E-state index in [4.69, 9.17) is 0 Å². The zero-order chi connectivity index (χ0) is 11.1. The summed E-state index contributed by atoms with van der Waals surface area (Å²) in [5.41, 5.74) is 0. The van der Waals surface area contributed by atoms with Gasteiger partial charge in [-0.2, -0.15) is 0 Å². The third-order valence-electron chi connectivity index (χ3n) is 2.63. The first-order chi connectivity index (χ1) is 7.18. The number of hydrogen-bond acceptors (Lipinski definition) is 2. The quantitative estimate of drug-likeness (QED) is 0.729. The third-order valence-corrected chi connectivity index (χ3v) is 2.63. The Morgan fingerprint density at radius 2 is 2.33 bits per heavy atom. The molecule has 0 bridgehead atoms. The zero-order valence-electron chi connectivity index (χ0n) is 8.77. The van der Waals surface area contributed by atoms with Gasteiger partial charge in [0.2, 0.25) is 5.91 Å². The molecule has 0 aromatic carbocycles. The van der Waals surface area contributed by atoms with Gasteiger partial charge in [-0.15, -0.1) is 0 Å². The summed E-state index contributed by atoms with van der Waals surface area (Å²) in [6.45, 7) is 1.47. The fourth-order valence-corrected chi connectivity index (χ4v) is 1.78. The van der Waals surface area contributed by atoms with Crippen LogP contribution >= 0.6 is 0 Å². The first kappa shape index (κ1) is 12.4. The molecule has 3 nitrogen and oxygen atoms in total. The molecule has 1 atom stereocenters. The highest BCUT2D eigenvalue weighted by atomic mass is 19.3. The second-order valence-corrected chi connectivity index (χ2v) is 3.95. The van der Waals surface area contributed by atoms with Crippen molar-refractivity contribution in [3.63, 3.8) is 0 Å². The van der Waals surface area contributed by atoms with Crippen molar-refractivity contribution < 1.29 is 13.6 Å². The number of rotatable bonds is 5. The number of amides is 1. The van der Waals surface area contributed by atoms with Gasteiger partial charge in [0, 0.05) is 6.42 Å². The van der Waals surface area contributed by atoms with Gasteiger partial charge in [-0.3, -0.25) is 4.79 Å². The lowest BCUT2D eigenvalue weighted by atomic mass is 9.94. The van der Waals surface area contributed by atoms with E-state index in [1.54, 1.807) is 0 Å². The van der Waals surface area contributed by atoms with Crippen molar-refractivity contribution in [3.05, 3.63) is 0 Å². The van der Waals surface area contributed by atoms with Gasteiger partial charge in [-0.1, -0.05) is 0 Å². The van der Waals surface area contributed by atoms with Crippen LogP contribution in [0.3, 0.4) is 0 Å². The molecule has 1 saturated heterocycles. The Labute approximate surface area is 88.6 Å². The van der Waals surface area contributed by atoms with Crippen molar-refractivity contribution in [2.45, 2.75) is 32.1 Å². The normalized spacial score (nSPS) is 21.7. The van der Waals surface area contributed by atoms with Gasteiger partial charge in [0.05, 0.1) is 6.54 Å². The minimum absolute atomic E-state index is 0.263. The van der Waals surface area contributed by atoms with Crippen LogP contribution < -0.4 is 10.6 Å². The molecular weight excluding hydrogens is 202 g/mol. The number of piperidine rings is 1. The highest BCUT2D eigenvalue weighted by Crippen LogP contribution is 2.15. The smallest absolute Gasteiger partial charge is 0.255 e. The fraction of sp³-hybridized carbons (Fsp3) is 0.900. The Bertz CT molecular complexity index is 194. The van der Waals surface area contributed by atoms with Crippen molar-refractivity contribution in [1.82, 2.24) is 10.6 Å². The molecule has 0 saturated carbocycles. The van der Waals surface area contributed by atoms with Crippen molar-refractivity contribution >= 4 is 5.91 Å². The van der Waals surface area contributed by atoms with Crippen LogP contribution in [0.15, 0.2) is 0 Å². The largest absolute Gasteiger partial charge is 0.350 e. The van der Waals surface area contributed by atoms with Crippen LogP contribution in [0, 0.1) is 5.92 Å². The highest BCUT2D eigenvalue weighted by molar-refractivity contribution is 5.75. The molecule has 1 fully saturated rings. The Balaban J connectivity index is 2.05. The van der Waals surface area contributed by atoms with E-state index in [1.807, 2.05) is 0 Å². The monoisotopic (exact) mass is 220 g/mol. The lowest BCUT2D eigenvalue weighted by Gasteiger charge is -2.22. The maximum atomic E-state index is 11.8. The Hall–Kier alpha value is -0.710. The van der Waals surface area contributed by atoms with Crippen LogP contribution in [0.25, 0.3) is 0 Å². The molecule has 0 spiro atoms. The molecule has 1 unspecified atom stereocenters. The summed E-state index contributed by atoms with van der Waals surface area (Å²) in [5, 5.41) is 5.47. The summed E-state index contributed by atoms with van der Waals surface area (Å²) < 4.78 is 23.5. The first-order valence-corrected chi connectivity index (χ1v) is 5.44. The van der Waals surface area contributed by atoms with Crippen LogP contribution in [0.2, 0.25) is 0 Å². The molecule has 1 aliphatic heterocycles. The summed E-state index contributed by atoms with van der Waals surface area (Å²) in [5.74, 6) is 0.261. The first-order valence-electron chi connectivity index (χ1n) is 5.44. The van der Waals surface area contributed by atoms with Gasteiger partial charge in [0.15, 0.2) is 0 Å². The summed E-state index contributed by atoms with van der Waals surface area (Å²) in [7, 11) is 0. The zero-order valence-corrected chi connectivity index (χ0v) is 8.77. The van der Waals surface area contributed by atoms with E-state index in [2.05, 4.69) is 10.6 Å². The van der Waals surface area contributed by atoms with Gasteiger partial charge < -0.3 is 10.6 Å². The third kappa shape index (κ3) is 5.67. The number of halogens is 2. The number of carbonyl (C=O) groups excluding carboxylic acids is 1. The van der Waals surface area contributed by atoms with Crippen molar-refractivity contribution in [2.75, 3.05) is 19.6 Å². The van der Waals surface area contributed by atoms with Crippen LogP contribution in [-0.4, -0.2) is 32.0 Å². The maximum Gasteiger partial charge on any atom is 0.255 e. The average Bonchev–Trinajstić information content (AvgIpc) is 2.25. The number of nitrogens with one attached hydrogen (secondary N) is 2. The molecule has 0 radical (unpaired) electrons. The standard InChI is InChI=1S/C10H18F2N2O/c11-9(12)7-14-10(15)4-3-8-2-1-5-13-6-8/h8-9,13H,1-7H2,(H,14,15). The maximum absolute atomic E-state index is 11.8. The molecule has 1 heterocycles. The topological polar surface area (TPSA) is 41.1 Å². The van der Waals surface area contributed by atoms with Gasteiger partial charge >= 0.3 is 0 Å². The second kappa shape index (κ2) is 6.71. The molecule has 0 aliphatic carbocycles. The molecular formula is C10H18F2N2O. The molecule has 5 heteroatoms. The van der Waals surface area contributed by atoms with E-state index >= 15 is 0 Å². The van der Waals surface area contributed by atoms with Crippen LogP contribution in [0.4, 0.5) is 8.78 Å². The SMILES string of the molecule is O=C(CCC1CCCNC1)NCC(F)F. The summed E-state index contributed by atoms with van der Waals surface area (Å²) >= 11 is 0. The van der Waals surface area contributed by atoms with E-state index in [0.29, 0.717) is 12.3 Å². The molecule has 1 aliphatic rings. The van der Waals surface area contributed by atoms with Gasteiger partial charge in [-0.25, -0.2) is 8.78 Å². The fourth-order valence-electron chi connectivity index (χ4n) is 1.78. The van der Waals surface area contributed by atoms with Crippen LogP contribution in [0.5, 0.6) is 0 Å². The summed E-state index contributed by atoms with van der Waals surface area (Å²) in [6, 6.07) is 0. The molecule has 1 rings (SSSR count). The highest BCUT2D eigenvalue weighted by Gasteiger charge is 2.14. The molecule has 0 aromatic heterocycles. The Kier molecular flexibility index (Phi) is 5.53. The lowest BCUT2D eigenvalue weighted by Crippen LogP contribution is -2.32. The summed E-state index contributed by atoms with van der Waals surface area (Å²) in [6.07, 6.45) is 0.977. The predicted molar refractivity (Wildman–Crippen MR) is 53.8 cm³/mol. The van der Waals surface area contributed by atoms with E-state index in [9.17, 15) is 13.6 Å². The van der Waals surface area contributed by atoms with E-state index in [0.717, 1.165) is 32.4 Å². The van der Waals surface area contributed by atoms with Gasteiger partial charge in [-0.05, 0) is 38.3 Å². The summed E-state index contributed by atoms with van der Waals surface area (Å²) in [4.78, 5) is 11.1. The predicted octanol–water partition coefficient (Wildman–Crippen LogP) is 1.15. The molecule has 15 heavy (non-hydrogen) atoms.